The van der Waals surface area contributed by atoms with Gasteiger partial charge in [0.2, 0.25) is 0 Å². The zero-order chi connectivity index (χ0) is 14.8. The van der Waals surface area contributed by atoms with E-state index in [0.717, 1.165) is 17.9 Å². The van der Waals surface area contributed by atoms with E-state index in [1.54, 1.807) is 7.11 Å². The van der Waals surface area contributed by atoms with Crippen molar-refractivity contribution in [3.05, 3.63) is 59.7 Å². The van der Waals surface area contributed by atoms with Crippen LogP contribution in [-0.2, 0) is 6.42 Å². The van der Waals surface area contributed by atoms with Gasteiger partial charge in [-0.05, 0) is 55.9 Å². The lowest BCUT2D eigenvalue weighted by molar-refractivity contribution is 0.111. The standard InChI is InChI=1S/C18H21NO2/c1-19(2)17-12-13-6-4-5-7-16(13)18(17)21-15-10-8-14(20-3)9-11-15/h4-11,17-18H,12H2,1-3H3/t17-,18-/m1/s1. The maximum absolute atomic E-state index is 6.28. The fourth-order valence-electron chi connectivity index (χ4n) is 2.93. The monoisotopic (exact) mass is 283 g/mol. The molecule has 0 unspecified atom stereocenters. The predicted molar refractivity (Wildman–Crippen MR) is 84.0 cm³/mol. The molecular weight excluding hydrogens is 262 g/mol. The molecule has 21 heavy (non-hydrogen) atoms. The van der Waals surface area contributed by atoms with Crippen molar-refractivity contribution in [2.75, 3.05) is 21.2 Å². The third-order valence-corrected chi connectivity index (χ3v) is 4.13. The molecule has 2 aromatic rings. The maximum atomic E-state index is 6.28. The lowest BCUT2D eigenvalue weighted by atomic mass is 10.1. The van der Waals surface area contributed by atoms with Crippen molar-refractivity contribution >= 4 is 0 Å². The van der Waals surface area contributed by atoms with Crippen LogP contribution >= 0.6 is 0 Å². The zero-order valence-electron chi connectivity index (χ0n) is 12.7. The van der Waals surface area contributed by atoms with E-state index in [4.69, 9.17) is 9.47 Å². The molecule has 1 aliphatic carbocycles. The van der Waals surface area contributed by atoms with Crippen LogP contribution in [0.15, 0.2) is 48.5 Å². The van der Waals surface area contributed by atoms with Crippen LogP contribution in [0.1, 0.15) is 17.2 Å². The van der Waals surface area contributed by atoms with Crippen LogP contribution in [0.5, 0.6) is 11.5 Å². The summed E-state index contributed by atoms with van der Waals surface area (Å²) in [6.45, 7) is 0. The molecular formula is C18H21NO2. The molecule has 3 nitrogen and oxygen atoms in total. The topological polar surface area (TPSA) is 21.7 Å². The Morgan fingerprint density at radius 2 is 1.62 bits per heavy atom. The fourth-order valence-corrected chi connectivity index (χ4v) is 2.93. The zero-order valence-corrected chi connectivity index (χ0v) is 12.7. The molecule has 3 rings (SSSR count). The van der Waals surface area contributed by atoms with Crippen molar-refractivity contribution < 1.29 is 9.47 Å². The summed E-state index contributed by atoms with van der Waals surface area (Å²) in [5.41, 5.74) is 2.68. The highest BCUT2D eigenvalue weighted by atomic mass is 16.5. The first-order valence-electron chi connectivity index (χ1n) is 7.24. The molecule has 0 spiro atoms. The highest BCUT2D eigenvalue weighted by molar-refractivity contribution is 5.38. The molecule has 3 heteroatoms. The van der Waals surface area contributed by atoms with Gasteiger partial charge in [-0.2, -0.15) is 0 Å². The van der Waals surface area contributed by atoms with Crippen molar-refractivity contribution in [3.8, 4) is 11.5 Å². The predicted octanol–water partition coefficient (Wildman–Crippen LogP) is 3.30. The van der Waals surface area contributed by atoms with E-state index in [9.17, 15) is 0 Å². The average Bonchev–Trinajstić information content (AvgIpc) is 2.87. The van der Waals surface area contributed by atoms with Crippen LogP contribution in [0.25, 0.3) is 0 Å². The van der Waals surface area contributed by atoms with Gasteiger partial charge in [0, 0.05) is 0 Å². The van der Waals surface area contributed by atoms with Crippen LogP contribution in [0.2, 0.25) is 0 Å². The van der Waals surface area contributed by atoms with Gasteiger partial charge in [0.15, 0.2) is 0 Å². The third kappa shape index (κ3) is 2.74. The number of rotatable bonds is 4. The van der Waals surface area contributed by atoms with Crippen LogP contribution in [0, 0.1) is 0 Å². The van der Waals surface area contributed by atoms with E-state index in [0.29, 0.717) is 6.04 Å². The number of benzene rings is 2. The van der Waals surface area contributed by atoms with Crippen molar-refractivity contribution in [2.24, 2.45) is 0 Å². The fraction of sp³-hybridized carbons (Fsp3) is 0.333. The minimum Gasteiger partial charge on any atom is -0.497 e. The number of methoxy groups -OCH3 is 1. The molecule has 0 aromatic heterocycles. The van der Waals surface area contributed by atoms with Gasteiger partial charge in [-0.1, -0.05) is 24.3 Å². The molecule has 0 saturated heterocycles. The number of nitrogens with zero attached hydrogens (tertiary/aromatic N) is 1. The number of fused-ring (bicyclic) bond motifs is 1. The highest BCUT2D eigenvalue weighted by Crippen LogP contribution is 2.37. The normalized spacial score (nSPS) is 20.4. The lowest BCUT2D eigenvalue weighted by Crippen LogP contribution is -2.34. The summed E-state index contributed by atoms with van der Waals surface area (Å²) in [6.07, 6.45) is 1.11. The molecule has 0 fully saturated rings. The molecule has 0 radical (unpaired) electrons. The highest BCUT2D eigenvalue weighted by Gasteiger charge is 2.35. The van der Waals surface area contributed by atoms with Crippen molar-refractivity contribution in [2.45, 2.75) is 18.6 Å². The Kier molecular flexibility index (Phi) is 3.84. The van der Waals surface area contributed by atoms with Crippen molar-refractivity contribution in [3.63, 3.8) is 0 Å². The van der Waals surface area contributed by atoms with Crippen LogP contribution < -0.4 is 9.47 Å². The number of likely N-dealkylation sites (N-methyl/N-ethyl adjacent to an activating group) is 1. The summed E-state index contributed by atoms with van der Waals surface area (Å²) < 4.78 is 11.5. The Hall–Kier alpha value is -2.00. The molecule has 0 aliphatic heterocycles. The summed E-state index contributed by atoms with van der Waals surface area (Å²) in [5.74, 6) is 1.72. The Balaban J connectivity index is 1.87. The first-order chi connectivity index (χ1) is 10.2. The van der Waals surface area contributed by atoms with E-state index in [1.165, 1.54) is 11.1 Å². The Bertz CT molecular complexity index is 607. The average molecular weight is 283 g/mol. The molecule has 0 N–H and O–H groups in total. The Morgan fingerprint density at radius 3 is 2.29 bits per heavy atom. The SMILES string of the molecule is COc1ccc(O[C@@H]2c3ccccc3C[C@H]2N(C)C)cc1. The third-order valence-electron chi connectivity index (χ3n) is 4.13. The van der Waals surface area contributed by atoms with Gasteiger partial charge in [0.05, 0.1) is 13.2 Å². The molecule has 0 amide bonds. The van der Waals surface area contributed by atoms with E-state index in [2.05, 4.69) is 43.3 Å². The molecule has 2 aromatic carbocycles. The van der Waals surface area contributed by atoms with Gasteiger partial charge in [-0.3, -0.25) is 0 Å². The first kappa shape index (κ1) is 14.0. The van der Waals surface area contributed by atoms with Crippen LogP contribution in [0.3, 0.4) is 0 Å². The van der Waals surface area contributed by atoms with Crippen molar-refractivity contribution in [1.82, 2.24) is 4.90 Å². The van der Waals surface area contributed by atoms with Crippen molar-refractivity contribution in [1.29, 1.82) is 0 Å². The van der Waals surface area contributed by atoms with Gasteiger partial charge >= 0.3 is 0 Å². The number of hydrogen-bond donors (Lipinski definition) is 0. The minimum absolute atomic E-state index is 0.0737. The smallest absolute Gasteiger partial charge is 0.140 e. The maximum Gasteiger partial charge on any atom is 0.140 e. The van der Waals surface area contributed by atoms with E-state index in [-0.39, 0.29) is 6.10 Å². The second kappa shape index (κ2) is 5.78. The van der Waals surface area contributed by atoms with E-state index < -0.39 is 0 Å². The number of ether oxygens (including phenoxy) is 2. The van der Waals surface area contributed by atoms with Crippen LogP contribution in [0.4, 0.5) is 0 Å². The summed E-state index contributed by atoms with van der Waals surface area (Å²) >= 11 is 0. The largest absolute Gasteiger partial charge is 0.497 e. The quantitative estimate of drug-likeness (QED) is 0.859. The second-order valence-corrected chi connectivity index (χ2v) is 5.65. The van der Waals surface area contributed by atoms with Crippen LogP contribution in [-0.4, -0.2) is 32.1 Å². The minimum atomic E-state index is 0.0737. The molecule has 0 saturated carbocycles. The van der Waals surface area contributed by atoms with Gasteiger partial charge in [-0.15, -0.1) is 0 Å². The molecule has 2 atom stereocenters. The van der Waals surface area contributed by atoms with Gasteiger partial charge in [-0.25, -0.2) is 0 Å². The summed E-state index contributed by atoms with van der Waals surface area (Å²) in [7, 11) is 5.90. The Morgan fingerprint density at radius 1 is 0.952 bits per heavy atom. The molecule has 0 bridgehead atoms. The van der Waals surface area contributed by atoms with E-state index >= 15 is 0 Å². The molecule has 0 heterocycles. The first-order valence-corrected chi connectivity index (χ1v) is 7.24. The van der Waals surface area contributed by atoms with E-state index in [1.807, 2.05) is 24.3 Å². The summed E-state index contributed by atoms with van der Waals surface area (Å²) in [4.78, 5) is 2.24. The Labute approximate surface area is 126 Å². The second-order valence-electron chi connectivity index (χ2n) is 5.65. The summed E-state index contributed by atoms with van der Waals surface area (Å²) in [6, 6.07) is 16.7. The molecule has 110 valence electrons. The number of hydrogen-bond acceptors (Lipinski definition) is 3. The van der Waals surface area contributed by atoms with Gasteiger partial charge in [0.25, 0.3) is 0 Å². The van der Waals surface area contributed by atoms with Gasteiger partial charge in [0.1, 0.15) is 17.6 Å². The molecule has 1 aliphatic rings. The lowest BCUT2D eigenvalue weighted by Gasteiger charge is -2.27. The van der Waals surface area contributed by atoms with Gasteiger partial charge < -0.3 is 14.4 Å². The summed E-state index contributed by atoms with van der Waals surface area (Å²) in [5, 5.41) is 0.